The molecule has 0 bridgehead atoms. The Labute approximate surface area is 162 Å². The molecule has 0 saturated heterocycles. The van der Waals surface area contributed by atoms with E-state index in [4.69, 9.17) is 11.6 Å². The van der Waals surface area contributed by atoms with Crippen LogP contribution in [0.5, 0.6) is 0 Å². The molecule has 2 N–H and O–H groups in total. The highest BCUT2D eigenvalue weighted by atomic mass is 35.5. The number of halogens is 1. The fourth-order valence-corrected chi connectivity index (χ4v) is 3.12. The molecule has 2 aromatic carbocycles. The van der Waals surface area contributed by atoms with Crippen LogP contribution in [0.15, 0.2) is 42.5 Å². The molecule has 0 radical (unpaired) electrons. The van der Waals surface area contributed by atoms with Crippen LogP contribution in [0.25, 0.3) is 0 Å². The van der Waals surface area contributed by atoms with Crippen molar-refractivity contribution in [2.24, 2.45) is 5.92 Å². The van der Waals surface area contributed by atoms with Gasteiger partial charge >= 0.3 is 6.03 Å². The average molecular weight is 386 g/mol. The van der Waals surface area contributed by atoms with E-state index in [1.165, 1.54) is 11.0 Å². The van der Waals surface area contributed by atoms with Crippen LogP contribution in [0, 0.1) is 5.92 Å². The zero-order valence-electron chi connectivity index (χ0n) is 15.1. The Hall–Kier alpha value is -2.86. The maximum Gasteiger partial charge on any atom is 0.319 e. The van der Waals surface area contributed by atoms with Gasteiger partial charge in [-0.05, 0) is 41.8 Å². The quantitative estimate of drug-likeness (QED) is 0.766. The number of benzene rings is 2. The highest BCUT2D eigenvalue weighted by Gasteiger charge is 2.35. The van der Waals surface area contributed by atoms with Crippen molar-refractivity contribution in [3.8, 4) is 0 Å². The Bertz CT molecular complexity index is 911. The summed E-state index contributed by atoms with van der Waals surface area (Å²) in [6.07, 6.45) is 0. The number of hydrogen-bond donors (Lipinski definition) is 2. The standard InChI is InChI=1S/C20H20ClN3O3/c1-12(2)11-24-18(25)16-7-6-15(9-17(16)19(24)26)23-20(27)22-10-13-4-3-5-14(21)8-13/h3-9,12H,10-11H2,1-2H3,(H2,22,23,27). The third-order valence-corrected chi connectivity index (χ3v) is 4.35. The van der Waals surface area contributed by atoms with E-state index >= 15 is 0 Å². The Morgan fingerprint density at radius 3 is 2.52 bits per heavy atom. The van der Waals surface area contributed by atoms with Crippen molar-refractivity contribution in [3.05, 3.63) is 64.2 Å². The second-order valence-electron chi connectivity index (χ2n) is 6.81. The van der Waals surface area contributed by atoms with Gasteiger partial charge in [0.2, 0.25) is 0 Å². The van der Waals surface area contributed by atoms with Crippen LogP contribution in [-0.4, -0.2) is 29.3 Å². The van der Waals surface area contributed by atoms with Gasteiger partial charge in [0.15, 0.2) is 0 Å². The van der Waals surface area contributed by atoms with E-state index < -0.39 is 6.03 Å². The van der Waals surface area contributed by atoms with E-state index in [1.807, 2.05) is 26.0 Å². The summed E-state index contributed by atoms with van der Waals surface area (Å²) in [4.78, 5) is 38.2. The van der Waals surface area contributed by atoms with E-state index in [2.05, 4.69) is 10.6 Å². The first-order valence-electron chi connectivity index (χ1n) is 8.64. The molecule has 0 spiro atoms. The van der Waals surface area contributed by atoms with Gasteiger partial charge in [-0.3, -0.25) is 14.5 Å². The molecule has 0 aliphatic carbocycles. The molecule has 0 aromatic heterocycles. The highest BCUT2D eigenvalue weighted by molar-refractivity contribution is 6.30. The van der Waals surface area contributed by atoms with Gasteiger partial charge in [-0.15, -0.1) is 0 Å². The van der Waals surface area contributed by atoms with Crippen LogP contribution in [0.1, 0.15) is 40.1 Å². The molecular formula is C20H20ClN3O3. The van der Waals surface area contributed by atoms with Gasteiger partial charge < -0.3 is 10.6 Å². The average Bonchev–Trinajstić information content (AvgIpc) is 2.84. The smallest absolute Gasteiger partial charge is 0.319 e. The molecule has 0 atom stereocenters. The lowest BCUT2D eigenvalue weighted by Gasteiger charge is -2.15. The topological polar surface area (TPSA) is 78.5 Å². The van der Waals surface area contributed by atoms with Crippen LogP contribution in [0.2, 0.25) is 5.02 Å². The number of hydrogen-bond acceptors (Lipinski definition) is 3. The van der Waals surface area contributed by atoms with Gasteiger partial charge in [0.25, 0.3) is 11.8 Å². The molecule has 2 aromatic rings. The monoisotopic (exact) mass is 385 g/mol. The van der Waals surface area contributed by atoms with Crippen LogP contribution >= 0.6 is 11.6 Å². The van der Waals surface area contributed by atoms with Crippen molar-refractivity contribution in [1.29, 1.82) is 0 Å². The summed E-state index contributed by atoms with van der Waals surface area (Å²) >= 11 is 5.92. The van der Waals surface area contributed by atoms with Crippen LogP contribution < -0.4 is 10.6 Å². The van der Waals surface area contributed by atoms with Gasteiger partial charge in [-0.25, -0.2) is 4.79 Å². The predicted molar refractivity (Wildman–Crippen MR) is 104 cm³/mol. The lowest BCUT2D eigenvalue weighted by molar-refractivity contribution is 0.0636. The van der Waals surface area contributed by atoms with E-state index in [9.17, 15) is 14.4 Å². The number of carbonyl (C=O) groups excluding carboxylic acids is 3. The first-order valence-corrected chi connectivity index (χ1v) is 9.02. The third kappa shape index (κ3) is 4.28. The van der Waals surface area contributed by atoms with Crippen LogP contribution in [0.4, 0.5) is 10.5 Å². The molecule has 0 unspecified atom stereocenters. The molecule has 140 valence electrons. The summed E-state index contributed by atoms with van der Waals surface area (Å²) in [5.74, 6) is -0.436. The van der Waals surface area contributed by atoms with Gasteiger partial charge in [0.1, 0.15) is 0 Å². The molecular weight excluding hydrogens is 366 g/mol. The minimum atomic E-state index is -0.411. The number of nitrogens with one attached hydrogen (secondary N) is 2. The van der Waals surface area contributed by atoms with E-state index in [-0.39, 0.29) is 17.7 Å². The first-order chi connectivity index (χ1) is 12.8. The fraction of sp³-hybridized carbons (Fsp3) is 0.250. The number of imide groups is 1. The van der Waals surface area contributed by atoms with Crippen molar-refractivity contribution >= 4 is 35.1 Å². The van der Waals surface area contributed by atoms with E-state index in [0.29, 0.717) is 34.9 Å². The normalized spacial score (nSPS) is 13.1. The van der Waals surface area contributed by atoms with Crippen LogP contribution in [-0.2, 0) is 6.54 Å². The minimum absolute atomic E-state index is 0.182. The van der Waals surface area contributed by atoms with E-state index in [0.717, 1.165) is 5.56 Å². The summed E-state index contributed by atoms with van der Waals surface area (Å²) in [6, 6.07) is 11.5. The number of nitrogens with zero attached hydrogens (tertiary/aromatic N) is 1. The van der Waals surface area contributed by atoms with Gasteiger partial charge in [0, 0.05) is 23.8 Å². The lowest BCUT2D eigenvalue weighted by Crippen LogP contribution is -2.33. The molecule has 1 aliphatic rings. The zero-order valence-corrected chi connectivity index (χ0v) is 15.8. The predicted octanol–water partition coefficient (Wildman–Crippen LogP) is 3.91. The van der Waals surface area contributed by atoms with Crippen LogP contribution in [0.3, 0.4) is 0 Å². The number of amides is 4. The van der Waals surface area contributed by atoms with Gasteiger partial charge in [-0.2, -0.15) is 0 Å². The maximum absolute atomic E-state index is 12.5. The summed E-state index contributed by atoms with van der Waals surface area (Å²) < 4.78 is 0. The molecule has 1 aliphatic heterocycles. The molecule has 0 fully saturated rings. The Morgan fingerprint density at radius 1 is 1.07 bits per heavy atom. The number of anilines is 1. The molecule has 27 heavy (non-hydrogen) atoms. The highest BCUT2D eigenvalue weighted by Crippen LogP contribution is 2.26. The number of rotatable bonds is 5. The van der Waals surface area contributed by atoms with Crippen molar-refractivity contribution in [3.63, 3.8) is 0 Å². The molecule has 4 amide bonds. The number of carbonyl (C=O) groups is 3. The van der Waals surface area contributed by atoms with E-state index in [1.54, 1.807) is 24.3 Å². The fourth-order valence-electron chi connectivity index (χ4n) is 2.90. The number of fused-ring (bicyclic) bond motifs is 1. The minimum Gasteiger partial charge on any atom is -0.334 e. The first kappa shape index (κ1) is 18.9. The van der Waals surface area contributed by atoms with Gasteiger partial charge in [0.05, 0.1) is 11.1 Å². The van der Waals surface area contributed by atoms with Crippen molar-refractivity contribution in [1.82, 2.24) is 10.2 Å². The second-order valence-corrected chi connectivity index (χ2v) is 7.25. The Balaban J connectivity index is 1.66. The SMILES string of the molecule is CC(C)CN1C(=O)c2ccc(NC(=O)NCc3cccc(Cl)c3)cc2C1=O. The Kier molecular flexibility index (Phi) is 5.46. The molecule has 3 rings (SSSR count). The van der Waals surface area contributed by atoms with Crippen molar-refractivity contribution in [2.75, 3.05) is 11.9 Å². The second kappa shape index (κ2) is 7.80. The molecule has 1 heterocycles. The van der Waals surface area contributed by atoms with Crippen molar-refractivity contribution < 1.29 is 14.4 Å². The molecule has 6 nitrogen and oxygen atoms in total. The van der Waals surface area contributed by atoms with Crippen molar-refractivity contribution in [2.45, 2.75) is 20.4 Å². The summed E-state index contributed by atoms with van der Waals surface area (Å²) in [5.41, 5.74) is 2.00. The summed E-state index contributed by atoms with van der Waals surface area (Å²) in [7, 11) is 0. The summed E-state index contributed by atoms with van der Waals surface area (Å²) in [5, 5.41) is 6.01. The molecule has 7 heteroatoms. The molecule has 0 saturated carbocycles. The largest absolute Gasteiger partial charge is 0.334 e. The zero-order chi connectivity index (χ0) is 19.6. The number of urea groups is 1. The Morgan fingerprint density at radius 2 is 1.81 bits per heavy atom. The lowest BCUT2D eigenvalue weighted by atomic mass is 10.1. The van der Waals surface area contributed by atoms with Gasteiger partial charge in [-0.1, -0.05) is 37.6 Å². The summed E-state index contributed by atoms with van der Waals surface area (Å²) in [6.45, 7) is 4.58. The maximum atomic E-state index is 12.5. The third-order valence-electron chi connectivity index (χ3n) is 4.12.